The minimum absolute atomic E-state index is 0.152. The van der Waals surface area contributed by atoms with Crippen LogP contribution in [0.25, 0.3) is 0 Å². The van der Waals surface area contributed by atoms with E-state index in [1.807, 2.05) is 0 Å². The molecule has 1 amide bonds. The van der Waals surface area contributed by atoms with Gasteiger partial charge in [0.05, 0.1) is 19.3 Å². The van der Waals surface area contributed by atoms with Crippen molar-refractivity contribution in [1.29, 1.82) is 0 Å². The zero-order chi connectivity index (χ0) is 11.4. The summed E-state index contributed by atoms with van der Waals surface area (Å²) in [5.41, 5.74) is 0. The van der Waals surface area contributed by atoms with Crippen LogP contribution >= 0.6 is 0 Å². The molecule has 5 heteroatoms. The van der Waals surface area contributed by atoms with Crippen molar-refractivity contribution < 1.29 is 14.4 Å². The number of hydrogen-bond donors (Lipinski definition) is 0. The van der Waals surface area contributed by atoms with E-state index in [0.717, 1.165) is 6.42 Å². The summed E-state index contributed by atoms with van der Waals surface area (Å²) in [6.07, 6.45) is 3.56. The number of aromatic nitrogens is 1. The summed E-state index contributed by atoms with van der Waals surface area (Å²) in [7, 11) is 0. The monoisotopic (exact) mass is 222 g/mol. The number of carbonyl (C=O) groups excluding carboxylic acids is 1. The Hall–Kier alpha value is -1.62. The summed E-state index contributed by atoms with van der Waals surface area (Å²) in [6, 6.07) is 3.53. The molecule has 0 unspecified atom stereocenters. The zero-order valence-corrected chi connectivity index (χ0v) is 9.13. The van der Waals surface area contributed by atoms with Crippen LogP contribution in [0.3, 0.4) is 0 Å². The molecular weight excluding hydrogens is 208 g/mol. The molecule has 0 spiro atoms. The molecule has 1 aliphatic rings. The number of amides is 1. The lowest BCUT2D eigenvalue weighted by Gasteiger charge is -2.19. The second-order valence-corrected chi connectivity index (χ2v) is 3.58. The first-order valence-corrected chi connectivity index (χ1v) is 5.28. The van der Waals surface area contributed by atoms with Gasteiger partial charge in [-0.15, -0.1) is 0 Å². The Morgan fingerprint density at radius 2 is 2.56 bits per heavy atom. The van der Waals surface area contributed by atoms with Crippen LogP contribution in [0.2, 0.25) is 0 Å². The Labute approximate surface area is 93.9 Å². The molecular formula is C11H14N2O3. The van der Waals surface area contributed by atoms with E-state index in [4.69, 9.17) is 9.57 Å². The lowest BCUT2D eigenvalue weighted by Crippen LogP contribution is -2.37. The summed E-state index contributed by atoms with van der Waals surface area (Å²) >= 11 is 0. The van der Waals surface area contributed by atoms with Crippen LogP contribution in [0.15, 0.2) is 24.5 Å². The first kappa shape index (κ1) is 10.9. The molecule has 1 aliphatic heterocycles. The number of carbonyl (C=O) groups is 1. The molecule has 0 aromatic carbocycles. The summed E-state index contributed by atoms with van der Waals surface area (Å²) in [5.74, 6) is 0.434. The molecule has 1 saturated heterocycles. The number of rotatable bonds is 3. The second-order valence-electron chi connectivity index (χ2n) is 3.58. The highest BCUT2D eigenvalue weighted by Gasteiger charge is 2.25. The third-order valence-corrected chi connectivity index (χ3v) is 2.29. The van der Waals surface area contributed by atoms with Crippen LogP contribution < -0.4 is 4.74 Å². The molecule has 2 rings (SSSR count). The number of hydrogen-bond acceptors (Lipinski definition) is 4. The second kappa shape index (κ2) is 4.94. The number of ether oxygens (including phenoxy) is 1. The predicted octanol–water partition coefficient (Wildman–Crippen LogP) is 1.01. The Morgan fingerprint density at radius 3 is 3.19 bits per heavy atom. The molecule has 0 aliphatic carbocycles. The SMILES string of the molecule is C[C@H](Oc1cccnc1)C(=O)N1CCCO1. The van der Waals surface area contributed by atoms with Crippen LogP contribution in [0.4, 0.5) is 0 Å². The van der Waals surface area contributed by atoms with Crippen molar-refractivity contribution in [3.8, 4) is 5.75 Å². The van der Waals surface area contributed by atoms with Gasteiger partial charge in [0.25, 0.3) is 5.91 Å². The quantitative estimate of drug-likeness (QED) is 0.766. The molecule has 0 N–H and O–H groups in total. The van der Waals surface area contributed by atoms with Gasteiger partial charge in [-0.05, 0) is 25.5 Å². The first-order valence-electron chi connectivity index (χ1n) is 5.28. The van der Waals surface area contributed by atoms with E-state index >= 15 is 0 Å². The van der Waals surface area contributed by atoms with E-state index in [1.165, 1.54) is 5.06 Å². The maximum Gasteiger partial charge on any atom is 0.286 e. The van der Waals surface area contributed by atoms with Gasteiger partial charge >= 0.3 is 0 Å². The Kier molecular flexibility index (Phi) is 3.36. The lowest BCUT2D eigenvalue weighted by molar-refractivity contribution is -0.175. The fraction of sp³-hybridized carbons (Fsp3) is 0.455. The van der Waals surface area contributed by atoms with Crippen LogP contribution in [-0.4, -0.2) is 35.2 Å². The third kappa shape index (κ3) is 2.49. The van der Waals surface area contributed by atoms with Gasteiger partial charge in [-0.2, -0.15) is 0 Å². The number of pyridine rings is 1. The highest BCUT2D eigenvalue weighted by atomic mass is 16.7. The van der Waals surface area contributed by atoms with E-state index in [1.54, 1.807) is 31.5 Å². The third-order valence-electron chi connectivity index (χ3n) is 2.29. The maximum absolute atomic E-state index is 11.8. The summed E-state index contributed by atoms with van der Waals surface area (Å²) in [4.78, 5) is 20.9. The minimum atomic E-state index is -0.553. The molecule has 2 heterocycles. The molecule has 5 nitrogen and oxygen atoms in total. The van der Waals surface area contributed by atoms with Crippen molar-refractivity contribution in [1.82, 2.24) is 10.0 Å². The van der Waals surface area contributed by atoms with Gasteiger partial charge < -0.3 is 4.74 Å². The molecule has 0 bridgehead atoms. The van der Waals surface area contributed by atoms with E-state index < -0.39 is 6.10 Å². The van der Waals surface area contributed by atoms with Gasteiger partial charge in [0, 0.05) is 6.20 Å². The summed E-state index contributed by atoms with van der Waals surface area (Å²) in [6.45, 7) is 2.95. The average molecular weight is 222 g/mol. The Bertz CT molecular complexity index is 350. The first-order chi connectivity index (χ1) is 7.77. The van der Waals surface area contributed by atoms with Gasteiger partial charge in [0.2, 0.25) is 0 Å². The largest absolute Gasteiger partial charge is 0.479 e. The van der Waals surface area contributed by atoms with E-state index in [-0.39, 0.29) is 5.91 Å². The van der Waals surface area contributed by atoms with Crippen LogP contribution in [-0.2, 0) is 9.63 Å². The molecule has 1 aromatic rings. The van der Waals surface area contributed by atoms with Gasteiger partial charge in [-0.25, -0.2) is 5.06 Å². The fourth-order valence-corrected chi connectivity index (χ4v) is 1.50. The smallest absolute Gasteiger partial charge is 0.286 e. The van der Waals surface area contributed by atoms with Crippen LogP contribution in [0.1, 0.15) is 13.3 Å². The van der Waals surface area contributed by atoms with Crippen LogP contribution in [0.5, 0.6) is 5.75 Å². The standard InChI is InChI=1S/C11H14N2O3/c1-9(11(14)13-6-3-7-15-13)16-10-4-2-5-12-8-10/h2,4-5,8-9H,3,6-7H2,1H3/t9-/m0/s1. The van der Waals surface area contributed by atoms with Gasteiger partial charge in [0.15, 0.2) is 6.10 Å². The number of nitrogens with zero attached hydrogens (tertiary/aromatic N) is 2. The van der Waals surface area contributed by atoms with E-state index in [9.17, 15) is 4.79 Å². The lowest BCUT2D eigenvalue weighted by atomic mass is 10.3. The maximum atomic E-state index is 11.8. The molecule has 1 atom stereocenters. The molecule has 1 aromatic heterocycles. The topological polar surface area (TPSA) is 51.7 Å². The van der Waals surface area contributed by atoms with Gasteiger partial charge in [-0.1, -0.05) is 0 Å². The van der Waals surface area contributed by atoms with Gasteiger partial charge in [0.1, 0.15) is 5.75 Å². The van der Waals surface area contributed by atoms with Crippen molar-refractivity contribution in [2.75, 3.05) is 13.2 Å². The minimum Gasteiger partial charge on any atom is -0.479 e. The van der Waals surface area contributed by atoms with Crippen molar-refractivity contribution in [2.24, 2.45) is 0 Å². The number of hydroxylamine groups is 2. The van der Waals surface area contributed by atoms with Crippen molar-refractivity contribution >= 4 is 5.91 Å². The molecule has 86 valence electrons. The van der Waals surface area contributed by atoms with E-state index in [2.05, 4.69) is 4.98 Å². The van der Waals surface area contributed by atoms with Crippen LogP contribution in [0, 0.1) is 0 Å². The molecule has 0 radical (unpaired) electrons. The Morgan fingerprint density at radius 1 is 1.69 bits per heavy atom. The predicted molar refractivity (Wildman–Crippen MR) is 56.6 cm³/mol. The molecule has 16 heavy (non-hydrogen) atoms. The Balaban J connectivity index is 1.92. The van der Waals surface area contributed by atoms with Gasteiger partial charge in [-0.3, -0.25) is 14.6 Å². The molecule has 1 fully saturated rings. The van der Waals surface area contributed by atoms with E-state index in [0.29, 0.717) is 18.9 Å². The van der Waals surface area contributed by atoms with Crippen molar-refractivity contribution in [2.45, 2.75) is 19.4 Å². The fourth-order valence-electron chi connectivity index (χ4n) is 1.50. The average Bonchev–Trinajstić information content (AvgIpc) is 2.83. The summed E-state index contributed by atoms with van der Waals surface area (Å²) < 4.78 is 5.45. The van der Waals surface area contributed by atoms with Crippen molar-refractivity contribution in [3.63, 3.8) is 0 Å². The highest BCUT2D eigenvalue weighted by Crippen LogP contribution is 2.12. The highest BCUT2D eigenvalue weighted by molar-refractivity contribution is 5.80. The normalized spacial score (nSPS) is 17.2. The van der Waals surface area contributed by atoms with Crippen molar-refractivity contribution in [3.05, 3.63) is 24.5 Å². The molecule has 0 saturated carbocycles. The zero-order valence-electron chi connectivity index (χ0n) is 9.13. The summed E-state index contributed by atoms with van der Waals surface area (Å²) in [5, 5.41) is 1.36.